The average Bonchev–Trinajstić information content (AvgIpc) is 2.53. The van der Waals surface area contributed by atoms with Gasteiger partial charge in [0, 0.05) is 0 Å². The zero-order chi connectivity index (χ0) is 20.5. The Morgan fingerprint density at radius 1 is 0.741 bits per heavy atom. The summed E-state index contributed by atoms with van der Waals surface area (Å²) in [6.07, 6.45) is -9.64. The quantitative estimate of drug-likeness (QED) is 0.455. The maximum Gasteiger partial charge on any atom is 0.515 e. The minimum absolute atomic E-state index is 0.693. The largest absolute Gasteiger partial charge is 0.515 e. The number of benzene rings is 2. The number of hydrogen-bond acceptors (Lipinski definition) is 3. The van der Waals surface area contributed by atoms with Gasteiger partial charge in [0.2, 0.25) is 0 Å². The second-order valence-corrected chi connectivity index (χ2v) is 7.59. The summed E-state index contributed by atoms with van der Waals surface area (Å²) < 4.78 is 102. The van der Waals surface area contributed by atoms with Crippen LogP contribution in [0.2, 0.25) is 0 Å². The van der Waals surface area contributed by atoms with E-state index in [0.717, 1.165) is 43.0 Å². The van der Waals surface area contributed by atoms with Gasteiger partial charge in [-0.2, -0.15) is 31.0 Å². The van der Waals surface area contributed by atoms with Crippen molar-refractivity contribution < 1.29 is 40.0 Å². The molecular weight excluding hydrogens is 399 g/mol. The van der Waals surface area contributed by atoms with Crippen LogP contribution in [0, 0.1) is 0 Å². The van der Waals surface area contributed by atoms with Crippen LogP contribution in [0.1, 0.15) is 11.1 Å². The molecule has 2 aromatic rings. The predicted molar refractivity (Wildman–Crippen MR) is 85.4 cm³/mol. The standard InChI is InChI=1S/C16H14F6NO3P/c1-23(2)27(24,25-13-9-5-3-7-11(13)15(17,18)19)26-14-10-6-4-8-12(14)16(20,21)22/h3-10H,1-2H3. The van der Waals surface area contributed by atoms with Crippen molar-refractivity contribution in [3.8, 4) is 11.5 Å². The van der Waals surface area contributed by atoms with E-state index >= 15 is 0 Å². The molecular formula is C16H14F6NO3P. The van der Waals surface area contributed by atoms with Crippen molar-refractivity contribution in [3.05, 3.63) is 59.7 Å². The Labute approximate surface area is 150 Å². The fraction of sp³-hybridized carbons (Fsp3) is 0.250. The van der Waals surface area contributed by atoms with Crippen LogP contribution in [0.4, 0.5) is 26.3 Å². The Morgan fingerprint density at radius 3 is 1.37 bits per heavy atom. The molecule has 0 saturated heterocycles. The first-order chi connectivity index (χ1) is 12.3. The highest BCUT2D eigenvalue weighted by molar-refractivity contribution is 7.52. The first-order valence-electron chi connectivity index (χ1n) is 7.34. The summed E-state index contributed by atoms with van der Waals surface area (Å²) in [7, 11) is -2.30. The number of nitrogens with zero attached hydrogens (tertiary/aromatic N) is 1. The smallest absolute Gasteiger partial charge is 0.404 e. The Balaban J connectivity index is 2.46. The van der Waals surface area contributed by atoms with Crippen LogP contribution in [0.5, 0.6) is 11.5 Å². The number of rotatable bonds is 5. The van der Waals surface area contributed by atoms with Crippen LogP contribution in [0.3, 0.4) is 0 Å². The van der Waals surface area contributed by atoms with E-state index < -0.39 is 42.7 Å². The van der Waals surface area contributed by atoms with E-state index in [2.05, 4.69) is 0 Å². The molecule has 0 radical (unpaired) electrons. The van der Waals surface area contributed by atoms with E-state index in [1.54, 1.807) is 0 Å². The molecule has 0 amide bonds. The van der Waals surface area contributed by atoms with Crippen LogP contribution in [0.15, 0.2) is 48.5 Å². The lowest BCUT2D eigenvalue weighted by molar-refractivity contribution is -0.138. The van der Waals surface area contributed by atoms with Gasteiger partial charge in [0.1, 0.15) is 11.5 Å². The number of hydrogen-bond donors (Lipinski definition) is 0. The maximum absolute atomic E-state index is 13.1. The van der Waals surface area contributed by atoms with Crippen LogP contribution >= 0.6 is 7.75 Å². The van der Waals surface area contributed by atoms with E-state index in [-0.39, 0.29) is 0 Å². The Morgan fingerprint density at radius 2 is 1.07 bits per heavy atom. The molecule has 0 saturated carbocycles. The van der Waals surface area contributed by atoms with E-state index in [9.17, 15) is 30.9 Å². The Kier molecular flexibility index (Phi) is 5.82. The fourth-order valence-corrected chi connectivity index (χ4v) is 3.17. The summed E-state index contributed by atoms with van der Waals surface area (Å²) in [5.74, 6) is -1.65. The van der Waals surface area contributed by atoms with E-state index in [4.69, 9.17) is 9.05 Å². The average molecular weight is 413 g/mol. The van der Waals surface area contributed by atoms with Crippen LogP contribution < -0.4 is 9.05 Å². The van der Waals surface area contributed by atoms with Gasteiger partial charge in [0.05, 0.1) is 11.1 Å². The molecule has 0 aromatic heterocycles. The lowest BCUT2D eigenvalue weighted by atomic mass is 10.2. The summed E-state index contributed by atoms with van der Waals surface area (Å²) in [4.78, 5) is 0. The number of para-hydroxylation sites is 2. The summed E-state index contributed by atoms with van der Waals surface area (Å²) in [5.41, 5.74) is -2.47. The lowest BCUT2D eigenvalue weighted by Gasteiger charge is -2.26. The van der Waals surface area contributed by atoms with Gasteiger partial charge in [-0.25, -0.2) is 4.57 Å². The van der Waals surface area contributed by atoms with Gasteiger partial charge in [-0.3, -0.25) is 0 Å². The van der Waals surface area contributed by atoms with E-state index in [0.29, 0.717) is 12.1 Å². The maximum atomic E-state index is 13.1. The SMILES string of the molecule is CN(C)P(=O)(Oc1ccccc1C(F)(F)F)Oc1ccccc1C(F)(F)F. The molecule has 2 aromatic carbocycles. The highest BCUT2D eigenvalue weighted by atomic mass is 31.2. The van der Waals surface area contributed by atoms with Gasteiger partial charge in [0.25, 0.3) is 0 Å². The lowest BCUT2D eigenvalue weighted by Crippen LogP contribution is -2.20. The molecule has 0 N–H and O–H groups in total. The van der Waals surface area contributed by atoms with E-state index in [1.807, 2.05) is 0 Å². The van der Waals surface area contributed by atoms with Gasteiger partial charge in [0.15, 0.2) is 0 Å². The summed E-state index contributed by atoms with van der Waals surface area (Å²) in [6, 6.07) is 7.78. The number of alkyl halides is 6. The third kappa shape index (κ3) is 4.95. The Hall–Kier alpha value is -2.19. The second-order valence-electron chi connectivity index (χ2n) is 5.49. The zero-order valence-electron chi connectivity index (χ0n) is 14.0. The first-order valence-corrected chi connectivity index (χ1v) is 8.83. The van der Waals surface area contributed by atoms with Crippen molar-refractivity contribution in [1.29, 1.82) is 0 Å². The molecule has 0 spiro atoms. The molecule has 0 unspecified atom stereocenters. The molecule has 0 aliphatic rings. The molecule has 0 bridgehead atoms. The molecule has 0 heterocycles. The van der Waals surface area contributed by atoms with Gasteiger partial charge in [-0.15, -0.1) is 0 Å². The molecule has 0 aliphatic carbocycles. The van der Waals surface area contributed by atoms with Crippen molar-refractivity contribution in [2.24, 2.45) is 0 Å². The van der Waals surface area contributed by atoms with Gasteiger partial charge >= 0.3 is 20.1 Å². The van der Waals surface area contributed by atoms with Crippen molar-refractivity contribution in [1.82, 2.24) is 4.67 Å². The highest BCUT2D eigenvalue weighted by Gasteiger charge is 2.41. The molecule has 0 atom stereocenters. The van der Waals surface area contributed by atoms with Crippen LogP contribution in [-0.2, 0) is 16.9 Å². The van der Waals surface area contributed by atoms with Crippen LogP contribution in [0.25, 0.3) is 0 Å². The van der Waals surface area contributed by atoms with Crippen molar-refractivity contribution >= 4 is 7.75 Å². The molecule has 0 fully saturated rings. The van der Waals surface area contributed by atoms with Crippen molar-refractivity contribution in [3.63, 3.8) is 0 Å². The van der Waals surface area contributed by atoms with Gasteiger partial charge in [-0.1, -0.05) is 24.3 Å². The summed E-state index contributed by atoms with van der Waals surface area (Å²) in [6.45, 7) is 0. The Bertz CT molecular complexity index is 787. The third-order valence-corrected chi connectivity index (χ3v) is 5.14. The highest BCUT2D eigenvalue weighted by Crippen LogP contribution is 2.53. The first kappa shape index (κ1) is 21.1. The van der Waals surface area contributed by atoms with Gasteiger partial charge in [-0.05, 0) is 38.4 Å². The molecule has 11 heteroatoms. The van der Waals surface area contributed by atoms with Crippen molar-refractivity contribution in [2.45, 2.75) is 12.4 Å². The summed E-state index contributed by atoms with van der Waals surface area (Å²) in [5, 5.41) is 0. The van der Waals surface area contributed by atoms with E-state index in [1.165, 1.54) is 12.1 Å². The fourth-order valence-electron chi connectivity index (χ4n) is 1.99. The van der Waals surface area contributed by atoms with Crippen molar-refractivity contribution in [2.75, 3.05) is 14.1 Å². The molecule has 2 rings (SSSR count). The summed E-state index contributed by atoms with van der Waals surface area (Å²) >= 11 is 0. The minimum atomic E-state index is -4.82. The van der Waals surface area contributed by atoms with Gasteiger partial charge < -0.3 is 9.05 Å². The van der Waals surface area contributed by atoms with Crippen LogP contribution in [-0.4, -0.2) is 18.8 Å². The zero-order valence-corrected chi connectivity index (χ0v) is 14.9. The topological polar surface area (TPSA) is 38.8 Å². The normalized spacial score (nSPS) is 12.9. The molecule has 0 aliphatic heterocycles. The molecule has 27 heavy (non-hydrogen) atoms. The third-order valence-electron chi connectivity index (χ3n) is 3.30. The monoisotopic (exact) mass is 413 g/mol. The molecule has 4 nitrogen and oxygen atoms in total. The predicted octanol–water partition coefficient (Wildman–Crippen LogP) is 5.85. The second kappa shape index (κ2) is 7.44. The number of halogens is 6. The molecule has 148 valence electrons. The minimum Gasteiger partial charge on any atom is -0.404 e.